The number of allylic oxidation sites excluding steroid dienone is 1. The molecular weight excluding hydrogens is 458 g/mol. The van der Waals surface area contributed by atoms with E-state index in [-0.39, 0.29) is 16.6 Å². The van der Waals surface area contributed by atoms with Gasteiger partial charge in [-0.15, -0.1) is 0 Å². The maximum atomic E-state index is 16.0. The van der Waals surface area contributed by atoms with Crippen LogP contribution in [0.15, 0.2) is 67.5 Å². The second kappa shape index (κ2) is 9.22. The van der Waals surface area contributed by atoms with Crippen molar-refractivity contribution < 1.29 is 8.78 Å². The van der Waals surface area contributed by atoms with Gasteiger partial charge >= 0.3 is 0 Å². The first-order valence-corrected chi connectivity index (χ1v) is 11.3. The zero-order chi connectivity index (χ0) is 25.4. The number of nitrogens with one attached hydrogen (secondary N) is 2. The second-order valence-corrected chi connectivity index (χ2v) is 8.56. The molecule has 0 aliphatic carbocycles. The summed E-state index contributed by atoms with van der Waals surface area (Å²) in [6, 6.07) is 13.7. The molecule has 0 saturated heterocycles. The van der Waals surface area contributed by atoms with Gasteiger partial charge < -0.3 is 9.88 Å². The third kappa shape index (κ3) is 4.07. The van der Waals surface area contributed by atoms with Crippen molar-refractivity contribution in [1.82, 2.24) is 25.1 Å². The van der Waals surface area contributed by atoms with Gasteiger partial charge in [0.25, 0.3) is 0 Å². The van der Waals surface area contributed by atoms with Crippen LogP contribution in [-0.2, 0) is 0 Å². The normalized spacial score (nSPS) is 12.8. The van der Waals surface area contributed by atoms with Crippen molar-refractivity contribution in [2.24, 2.45) is 0 Å². The molecule has 0 saturated carbocycles. The monoisotopic (exact) mass is 482 g/mol. The largest absolute Gasteiger partial charge is 0.376 e. The van der Waals surface area contributed by atoms with Gasteiger partial charge in [-0.1, -0.05) is 36.9 Å². The molecule has 180 valence electrons. The van der Waals surface area contributed by atoms with Gasteiger partial charge in [0, 0.05) is 37.0 Å². The molecule has 5 rings (SSSR count). The zero-order valence-electron chi connectivity index (χ0n) is 20.1. The van der Waals surface area contributed by atoms with Crippen LogP contribution in [0.4, 0.5) is 14.5 Å². The second-order valence-electron chi connectivity index (χ2n) is 8.56. The summed E-state index contributed by atoms with van der Waals surface area (Å²) in [6.45, 7) is 5.81. The van der Waals surface area contributed by atoms with E-state index >= 15 is 4.39 Å². The van der Waals surface area contributed by atoms with Crippen molar-refractivity contribution in [2.75, 3.05) is 19.0 Å². The van der Waals surface area contributed by atoms with Crippen LogP contribution in [0.25, 0.3) is 51.2 Å². The molecule has 3 aromatic heterocycles. The maximum Gasteiger partial charge on any atom is 0.159 e. The van der Waals surface area contributed by atoms with Crippen LogP contribution < -0.4 is 15.5 Å². The molecule has 0 bridgehead atoms. The number of halogens is 2. The van der Waals surface area contributed by atoms with Crippen molar-refractivity contribution in [3.8, 4) is 22.6 Å². The van der Waals surface area contributed by atoms with Crippen LogP contribution in [0.2, 0.25) is 0 Å². The Hall–Kier alpha value is -4.59. The minimum absolute atomic E-state index is 0.195. The van der Waals surface area contributed by atoms with Crippen molar-refractivity contribution in [3.63, 3.8) is 0 Å². The number of anilines is 1. The summed E-state index contributed by atoms with van der Waals surface area (Å²) in [6.07, 6.45) is 5.04. The molecule has 0 aliphatic heterocycles. The third-order valence-corrected chi connectivity index (χ3v) is 6.05. The van der Waals surface area contributed by atoms with E-state index in [9.17, 15) is 4.39 Å². The molecule has 2 N–H and O–H groups in total. The van der Waals surface area contributed by atoms with Crippen LogP contribution in [0.5, 0.6) is 0 Å². The average Bonchev–Trinajstić information content (AvgIpc) is 3.52. The highest BCUT2D eigenvalue weighted by molar-refractivity contribution is 5.96. The molecule has 0 atom stereocenters. The molecule has 0 spiro atoms. The summed E-state index contributed by atoms with van der Waals surface area (Å²) in [5.74, 6) is -0.429. The number of aromatic nitrogens is 5. The van der Waals surface area contributed by atoms with Crippen molar-refractivity contribution >= 4 is 34.2 Å². The number of rotatable bonds is 5. The summed E-state index contributed by atoms with van der Waals surface area (Å²) in [7, 11) is 3.79. The van der Waals surface area contributed by atoms with E-state index in [4.69, 9.17) is 4.98 Å². The molecule has 2 aromatic carbocycles. The van der Waals surface area contributed by atoms with Gasteiger partial charge in [-0.25, -0.2) is 13.8 Å². The standard InChI is InChI=1S/C28H24F2N6/c1-5-22-24(25(30)16(2)18-13-20(36(3)4)15-31-14-18)27(35-34-22)28-32-23-8-6-7-21(26(23)33-28)17-9-11-19(29)12-10-17/h5-15,34H,2H2,1,3-4H3,(H,32,33)/b22-5+,25-24-. The molecule has 36 heavy (non-hydrogen) atoms. The molecule has 8 heteroatoms. The summed E-state index contributed by atoms with van der Waals surface area (Å²) in [5, 5.41) is 8.06. The Morgan fingerprint density at radius 2 is 1.86 bits per heavy atom. The smallest absolute Gasteiger partial charge is 0.159 e. The SMILES string of the molecule is C=C(/C(F)=c1/c(-c2nc3c(-c4ccc(F)cc4)cccc3[nH]2)n[nH]/c1=C/C)c1cncc(N(C)C)c1. The fourth-order valence-electron chi connectivity index (χ4n) is 4.08. The van der Waals surface area contributed by atoms with Crippen molar-refractivity contribution in [1.29, 1.82) is 0 Å². The lowest BCUT2D eigenvalue weighted by Gasteiger charge is -2.13. The summed E-state index contributed by atoms with van der Waals surface area (Å²) in [4.78, 5) is 14.1. The minimum Gasteiger partial charge on any atom is -0.376 e. The topological polar surface area (TPSA) is 73.5 Å². The fraction of sp³-hybridized carbons (Fsp3) is 0.107. The zero-order valence-corrected chi connectivity index (χ0v) is 20.1. The van der Waals surface area contributed by atoms with Crippen LogP contribution in [0.1, 0.15) is 12.5 Å². The van der Waals surface area contributed by atoms with Gasteiger partial charge in [0.1, 0.15) is 17.3 Å². The van der Waals surface area contributed by atoms with Crippen LogP contribution in [0.3, 0.4) is 0 Å². The van der Waals surface area contributed by atoms with Gasteiger partial charge in [-0.3, -0.25) is 10.1 Å². The van der Waals surface area contributed by atoms with E-state index < -0.39 is 5.83 Å². The number of H-pyrrole nitrogens is 2. The van der Waals surface area contributed by atoms with E-state index in [1.165, 1.54) is 12.1 Å². The van der Waals surface area contributed by atoms with E-state index in [1.54, 1.807) is 37.5 Å². The molecule has 0 radical (unpaired) electrons. The fourth-order valence-corrected chi connectivity index (χ4v) is 4.08. The molecule has 6 nitrogen and oxygen atoms in total. The highest BCUT2D eigenvalue weighted by Gasteiger charge is 2.18. The van der Waals surface area contributed by atoms with E-state index in [0.29, 0.717) is 27.9 Å². The van der Waals surface area contributed by atoms with Crippen molar-refractivity contribution in [2.45, 2.75) is 6.92 Å². The average molecular weight is 483 g/mol. The number of benzene rings is 2. The molecule has 0 amide bonds. The predicted molar refractivity (Wildman–Crippen MR) is 141 cm³/mol. The molecule has 0 fully saturated rings. The molecule has 0 aliphatic rings. The predicted octanol–water partition coefficient (Wildman–Crippen LogP) is 4.81. The molecule has 5 aromatic rings. The van der Waals surface area contributed by atoms with Crippen molar-refractivity contribution in [3.05, 3.63) is 89.5 Å². The molecule has 0 unspecified atom stereocenters. The Morgan fingerprint density at radius 3 is 2.58 bits per heavy atom. The number of pyridine rings is 1. The number of hydrogen-bond acceptors (Lipinski definition) is 4. The quantitative estimate of drug-likeness (QED) is 0.377. The number of imidazole rings is 1. The van der Waals surface area contributed by atoms with Crippen LogP contribution in [-0.4, -0.2) is 39.2 Å². The van der Waals surface area contributed by atoms with Gasteiger partial charge in [-0.05, 0) is 36.8 Å². The highest BCUT2D eigenvalue weighted by Crippen LogP contribution is 2.29. The summed E-state index contributed by atoms with van der Waals surface area (Å²) < 4.78 is 29.5. The third-order valence-electron chi connectivity index (χ3n) is 6.05. The Morgan fingerprint density at radius 1 is 1.08 bits per heavy atom. The van der Waals surface area contributed by atoms with E-state index in [2.05, 4.69) is 26.7 Å². The van der Waals surface area contributed by atoms with Gasteiger partial charge in [0.2, 0.25) is 0 Å². The Bertz CT molecular complexity index is 1710. The highest BCUT2D eigenvalue weighted by atomic mass is 19.1. The lowest BCUT2D eigenvalue weighted by atomic mass is 10.0. The number of fused-ring (bicyclic) bond motifs is 1. The number of nitrogens with zero attached hydrogens (tertiary/aromatic N) is 4. The Labute approximate surface area is 206 Å². The lowest BCUT2D eigenvalue weighted by Crippen LogP contribution is -2.26. The maximum absolute atomic E-state index is 16.0. The number of aromatic amines is 2. The Kier molecular flexibility index (Phi) is 5.93. The lowest BCUT2D eigenvalue weighted by molar-refractivity contribution is 0.628. The number of para-hydroxylation sites is 1. The molecular formula is C28H24F2N6. The summed E-state index contributed by atoms with van der Waals surface area (Å²) in [5.41, 5.74) is 5.01. The first-order valence-electron chi connectivity index (χ1n) is 11.3. The van der Waals surface area contributed by atoms with E-state index in [0.717, 1.165) is 22.3 Å². The van der Waals surface area contributed by atoms with Gasteiger partial charge in [0.15, 0.2) is 5.82 Å². The first kappa shape index (κ1) is 23.2. The van der Waals surface area contributed by atoms with Crippen LogP contribution >= 0.6 is 0 Å². The Balaban J connectivity index is 1.68. The van der Waals surface area contributed by atoms with E-state index in [1.807, 2.05) is 43.3 Å². The molecule has 3 heterocycles. The van der Waals surface area contributed by atoms with Gasteiger partial charge in [0.05, 0.1) is 33.5 Å². The first-order chi connectivity index (χ1) is 17.4. The minimum atomic E-state index is -0.524. The number of hydrogen-bond donors (Lipinski definition) is 2. The van der Waals surface area contributed by atoms with Gasteiger partial charge in [-0.2, -0.15) is 5.10 Å². The summed E-state index contributed by atoms with van der Waals surface area (Å²) >= 11 is 0. The van der Waals surface area contributed by atoms with Crippen LogP contribution in [0, 0.1) is 5.82 Å².